The molecule has 1 aromatic carbocycles. The van der Waals surface area contributed by atoms with Crippen LogP contribution in [0.5, 0.6) is 5.75 Å². The molecule has 1 unspecified atom stereocenters. The van der Waals surface area contributed by atoms with Crippen LogP contribution in [0.2, 0.25) is 0 Å². The molecule has 0 fully saturated rings. The molecule has 0 amide bonds. The largest absolute Gasteiger partial charge is 0.493 e. The number of guanidine groups is 1. The standard InChI is InChI=1S/C19H33N3O3S.HI/c1-6-20-19(22-16(4)11-12-26(5,23)24)21-13-17-7-9-18(10-8-17)25-14-15(2)3;/h7-10,15-16H,6,11-14H2,1-5H3,(H2,20,21,22);1H. The Labute approximate surface area is 181 Å². The smallest absolute Gasteiger partial charge is 0.191 e. The van der Waals surface area contributed by atoms with E-state index in [0.717, 1.165) is 17.9 Å². The van der Waals surface area contributed by atoms with E-state index >= 15 is 0 Å². The van der Waals surface area contributed by atoms with Crippen LogP contribution in [0.25, 0.3) is 0 Å². The molecule has 156 valence electrons. The van der Waals surface area contributed by atoms with E-state index in [9.17, 15) is 8.42 Å². The fourth-order valence-corrected chi connectivity index (χ4v) is 2.92. The number of benzene rings is 1. The molecular weight excluding hydrogens is 477 g/mol. The van der Waals surface area contributed by atoms with Crippen molar-refractivity contribution in [3.8, 4) is 5.75 Å². The molecule has 1 rings (SSSR count). The lowest BCUT2D eigenvalue weighted by atomic mass is 10.2. The lowest BCUT2D eigenvalue weighted by molar-refractivity contribution is 0.271. The van der Waals surface area contributed by atoms with Crippen molar-refractivity contribution in [1.82, 2.24) is 10.6 Å². The Balaban J connectivity index is 0.00000676. The first-order chi connectivity index (χ1) is 12.2. The van der Waals surface area contributed by atoms with Gasteiger partial charge in [0.05, 0.1) is 18.9 Å². The molecule has 1 aromatic rings. The minimum absolute atomic E-state index is 0. The second-order valence-electron chi connectivity index (χ2n) is 7.01. The van der Waals surface area contributed by atoms with E-state index < -0.39 is 9.84 Å². The Morgan fingerprint density at radius 3 is 2.33 bits per heavy atom. The third-order valence-corrected chi connectivity index (χ3v) is 4.55. The summed E-state index contributed by atoms with van der Waals surface area (Å²) in [5, 5.41) is 6.44. The van der Waals surface area contributed by atoms with E-state index in [0.29, 0.717) is 31.4 Å². The zero-order chi connectivity index (χ0) is 19.6. The van der Waals surface area contributed by atoms with Gasteiger partial charge in [0.2, 0.25) is 0 Å². The molecule has 0 spiro atoms. The Kier molecular flexibility index (Phi) is 12.7. The molecule has 0 radical (unpaired) electrons. The van der Waals surface area contributed by atoms with Gasteiger partial charge in [-0.15, -0.1) is 24.0 Å². The molecule has 0 heterocycles. The van der Waals surface area contributed by atoms with Gasteiger partial charge in [-0.25, -0.2) is 13.4 Å². The molecule has 0 aliphatic carbocycles. The van der Waals surface area contributed by atoms with E-state index in [1.807, 2.05) is 38.1 Å². The SMILES string of the molecule is CCNC(=NCc1ccc(OCC(C)C)cc1)NC(C)CCS(C)(=O)=O.I. The first-order valence-corrected chi connectivity index (χ1v) is 11.2. The van der Waals surface area contributed by atoms with Crippen molar-refractivity contribution < 1.29 is 13.2 Å². The van der Waals surface area contributed by atoms with Gasteiger partial charge >= 0.3 is 0 Å². The van der Waals surface area contributed by atoms with Crippen molar-refractivity contribution in [3.05, 3.63) is 29.8 Å². The lowest BCUT2D eigenvalue weighted by Gasteiger charge is -2.17. The molecule has 0 bridgehead atoms. The summed E-state index contributed by atoms with van der Waals surface area (Å²) in [6, 6.07) is 7.96. The van der Waals surface area contributed by atoms with Gasteiger partial charge in [0.25, 0.3) is 0 Å². The zero-order valence-corrected chi connectivity index (χ0v) is 20.1. The molecule has 6 nitrogen and oxygen atoms in total. The van der Waals surface area contributed by atoms with Gasteiger partial charge in [-0.1, -0.05) is 26.0 Å². The van der Waals surface area contributed by atoms with Crippen molar-refractivity contribution in [3.63, 3.8) is 0 Å². The predicted molar refractivity (Wildman–Crippen MR) is 124 cm³/mol. The predicted octanol–water partition coefficient (Wildman–Crippen LogP) is 3.22. The van der Waals surface area contributed by atoms with Crippen LogP contribution in [0.4, 0.5) is 0 Å². The van der Waals surface area contributed by atoms with E-state index in [-0.39, 0.29) is 35.8 Å². The molecule has 0 aromatic heterocycles. The summed E-state index contributed by atoms with van der Waals surface area (Å²) in [5.41, 5.74) is 1.09. The van der Waals surface area contributed by atoms with Gasteiger partial charge in [0.1, 0.15) is 15.6 Å². The van der Waals surface area contributed by atoms with Gasteiger partial charge in [-0.05, 0) is 43.9 Å². The number of hydrogen-bond acceptors (Lipinski definition) is 4. The Bertz CT molecular complexity index is 661. The highest BCUT2D eigenvalue weighted by atomic mass is 127. The molecule has 0 aliphatic heterocycles. The molecule has 0 saturated carbocycles. The van der Waals surface area contributed by atoms with Crippen LogP contribution in [0.15, 0.2) is 29.3 Å². The number of nitrogens with one attached hydrogen (secondary N) is 2. The third kappa shape index (κ3) is 12.9. The third-order valence-electron chi connectivity index (χ3n) is 3.58. The average Bonchev–Trinajstić information content (AvgIpc) is 2.56. The minimum atomic E-state index is -2.95. The number of nitrogens with zero attached hydrogens (tertiary/aromatic N) is 1. The maximum Gasteiger partial charge on any atom is 0.191 e. The van der Waals surface area contributed by atoms with Crippen LogP contribution in [0, 0.1) is 5.92 Å². The van der Waals surface area contributed by atoms with Crippen molar-refractivity contribution in [2.45, 2.75) is 46.7 Å². The molecule has 2 N–H and O–H groups in total. The number of halogens is 1. The summed E-state index contributed by atoms with van der Waals surface area (Å²) >= 11 is 0. The fraction of sp³-hybridized carbons (Fsp3) is 0.632. The van der Waals surface area contributed by atoms with Crippen molar-refractivity contribution in [2.75, 3.05) is 25.2 Å². The van der Waals surface area contributed by atoms with Crippen molar-refractivity contribution in [1.29, 1.82) is 0 Å². The highest BCUT2D eigenvalue weighted by Gasteiger charge is 2.09. The van der Waals surface area contributed by atoms with Crippen LogP contribution in [0.3, 0.4) is 0 Å². The summed E-state index contributed by atoms with van der Waals surface area (Å²) in [7, 11) is -2.95. The second-order valence-corrected chi connectivity index (χ2v) is 9.27. The van der Waals surface area contributed by atoms with Gasteiger partial charge < -0.3 is 15.4 Å². The number of sulfone groups is 1. The number of rotatable bonds is 10. The number of hydrogen-bond donors (Lipinski definition) is 2. The van der Waals surface area contributed by atoms with Gasteiger partial charge in [-0.3, -0.25) is 0 Å². The van der Waals surface area contributed by atoms with Gasteiger partial charge in [0.15, 0.2) is 5.96 Å². The monoisotopic (exact) mass is 511 g/mol. The summed E-state index contributed by atoms with van der Waals surface area (Å²) in [4.78, 5) is 4.58. The maximum absolute atomic E-state index is 11.3. The Morgan fingerprint density at radius 2 is 1.81 bits per heavy atom. The van der Waals surface area contributed by atoms with Crippen LogP contribution in [0.1, 0.15) is 39.7 Å². The maximum atomic E-state index is 11.3. The van der Waals surface area contributed by atoms with E-state index in [1.165, 1.54) is 6.26 Å². The summed E-state index contributed by atoms with van der Waals surface area (Å²) in [6.45, 7) is 10.2. The van der Waals surface area contributed by atoms with Crippen LogP contribution >= 0.6 is 24.0 Å². The van der Waals surface area contributed by atoms with E-state index in [2.05, 4.69) is 29.5 Å². The quantitative estimate of drug-likeness (QED) is 0.287. The first-order valence-electron chi connectivity index (χ1n) is 9.14. The van der Waals surface area contributed by atoms with Crippen molar-refractivity contribution in [2.24, 2.45) is 10.9 Å². The second kappa shape index (κ2) is 13.2. The number of ether oxygens (including phenoxy) is 1. The van der Waals surface area contributed by atoms with Gasteiger partial charge in [-0.2, -0.15) is 0 Å². The van der Waals surface area contributed by atoms with Crippen LogP contribution in [-0.4, -0.2) is 45.6 Å². The lowest BCUT2D eigenvalue weighted by Crippen LogP contribution is -2.42. The average molecular weight is 511 g/mol. The van der Waals surface area contributed by atoms with Crippen LogP contribution < -0.4 is 15.4 Å². The Hall–Kier alpha value is -1.03. The molecule has 27 heavy (non-hydrogen) atoms. The molecule has 8 heteroatoms. The normalized spacial score (nSPS) is 13.0. The zero-order valence-electron chi connectivity index (χ0n) is 17.0. The summed E-state index contributed by atoms with van der Waals surface area (Å²) < 4.78 is 28.3. The minimum Gasteiger partial charge on any atom is -0.493 e. The molecule has 0 aliphatic rings. The van der Waals surface area contributed by atoms with E-state index in [1.54, 1.807) is 0 Å². The van der Waals surface area contributed by atoms with Crippen molar-refractivity contribution >= 4 is 39.8 Å². The summed E-state index contributed by atoms with van der Waals surface area (Å²) in [6.07, 6.45) is 1.80. The van der Waals surface area contributed by atoms with Gasteiger partial charge in [0, 0.05) is 18.8 Å². The van der Waals surface area contributed by atoms with E-state index in [4.69, 9.17) is 4.74 Å². The molecular formula is C19H34IN3O3S. The van der Waals surface area contributed by atoms with Crippen LogP contribution in [-0.2, 0) is 16.4 Å². The topological polar surface area (TPSA) is 79.8 Å². The highest BCUT2D eigenvalue weighted by molar-refractivity contribution is 14.0. The number of aliphatic imine (C=N–C) groups is 1. The fourth-order valence-electron chi connectivity index (χ4n) is 2.14. The molecule has 0 saturated heterocycles. The Morgan fingerprint density at radius 1 is 1.19 bits per heavy atom. The summed E-state index contributed by atoms with van der Waals surface area (Å²) in [5.74, 6) is 2.22. The highest BCUT2D eigenvalue weighted by Crippen LogP contribution is 2.13. The first kappa shape index (κ1) is 26.0. The molecule has 1 atom stereocenters.